The van der Waals surface area contributed by atoms with Crippen LogP contribution in [0.2, 0.25) is 0 Å². The second-order valence-electron chi connectivity index (χ2n) is 2.63. The summed E-state index contributed by atoms with van der Waals surface area (Å²) in [7, 11) is 0. The molecule has 1 aromatic rings. The first-order valence-electron chi connectivity index (χ1n) is 4.15. The quantitative estimate of drug-likeness (QED) is 0.629. The molecule has 0 heterocycles. The molecule has 0 saturated heterocycles. The first kappa shape index (κ1) is 14.2. The van der Waals surface area contributed by atoms with Crippen molar-refractivity contribution in [3.05, 3.63) is 30.3 Å². The van der Waals surface area contributed by atoms with Crippen LogP contribution in [0, 0.1) is 0 Å². The number of rotatable bonds is 2. The van der Waals surface area contributed by atoms with Crippen LogP contribution in [0.5, 0.6) is 5.75 Å². The van der Waals surface area contributed by atoms with Crippen LogP contribution in [-0.4, -0.2) is 23.4 Å². The second-order valence-corrected chi connectivity index (χ2v) is 2.63. The number of aromatic hydroxyl groups is 1. The Morgan fingerprint density at radius 3 is 1.94 bits per heavy atom. The van der Waals surface area contributed by atoms with Gasteiger partial charge < -0.3 is 9.90 Å². The predicted molar refractivity (Wildman–Crippen MR) is 49.8 cm³/mol. The Morgan fingerprint density at radius 1 is 1.25 bits per heavy atom. The van der Waals surface area contributed by atoms with Gasteiger partial charge in [0.15, 0.2) is 0 Å². The first-order chi connectivity index (χ1) is 7.38. The molecule has 0 saturated carbocycles. The minimum Gasteiger partial charge on any atom is -0.508 e. The molecule has 0 aliphatic rings. The number of aldehydes is 1. The van der Waals surface area contributed by atoms with Crippen LogP contribution in [-0.2, 0) is 9.59 Å². The van der Waals surface area contributed by atoms with Gasteiger partial charge in [0.2, 0.25) is 5.78 Å². The summed E-state index contributed by atoms with van der Waals surface area (Å²) in [5.41, 5.74) is 0. The highest BCUT2D eigenvalue weighted by atomic mass is 19.4. The van der Waals surface area contributed by atoms with E-state index >= 15 is 0 Å². The van der Waals surface area contributed by atoms with E-state index in [9.17, 15) is 22.8 Å². The highest BCUT2D eigenvalue weighted by Crippen LogP contribution is 2.16. The molecule has 0 spiro atoms. The smallest absolute Gasteiger partial charge is 0.450 e. The minimum absolute atomic E-state index is 0.0736. The Labute approximate surface area is 89.5 Å². The number of alkyl halides is 3. The molecule has 1 rings (SSSR count). The van der Waals surface area contributed by atoms with Crippen molar-refractivity contribution in [2.24, 2.45) is 0 Å². The third-order valence-corrected chi connectivity index (χ3v) is 1.34. The fraction of sp³-hybridized carbons (Fsp3) is 0.200. The van der Waals surface area contributed by atoms with E-state index in [1.807, 2.05) is 6.07 Å². The largest absolute Gasteiger partial charge is 0.508 e. The molecule has 0 bridgehead atoms. The van der Waals surface area contributed by atoms with E-state index in [-0.39, 0.29) is 6.29 Å². The molecule has 1 aromatic carbocycles. The van der Waals surface area contributed by atoms with E-state index in [0.29, 0.717) is 5.75 Å². The maximum absolute atomic E-state index is 11.1. The van der Waals surface area contributed by atoms with E-state index in [4.69, 9.17) is 5.11 Å². The Kier molecular flexibility index (Phi) is 5.84. The third kappa shape index (κ3) is 6.58. The number of Topliss-reactive ketones (excluding diaryl/α,β-unsaturated/α-hetero) is 1. The van der Waals surface area contributed by atoms with E-state index in [1.165, 1.54) is 0 Å². The molecular weight excluding hydrogens is 225 g/mol. The molecule has 88 valence electrons. The van der Waals surface area contributed by atoms with Crippen molar-refractivity contribution in [2.45, 2.75) is 12.6 Å². The maximum atomic E-state index is 11.1. The summed E-state index contributed by atoms with van der Waals surface area (Å²) in [6, 6.07) is 8.71. The fourth-order valence-corrected chi connectivity index (χ4v) is 0.619. The van der Waals surface area contributed by atoms with Crippen molar-refractivity contribution in [1.82, 2.24) is 0 Å². The summed E-state index contributed by atoms with van der Waals surface area (Å²) in [5.74, 6) is -1.68. The number of hydrogen-bond donors (Lipinski definition) is 1. The van der Waals surface area contributed by atoms with Gasteiger partial charge in [-0.25, -0.2) is 0 Å². The van der Waals surface area contributed by atoms with Gasteiger partial charge in [0.25, 0.3) is 0 Å². The molecule has 3 nitrogen and oxygen atoms in total. The standard InChI is InChI=1S/C6H6O.C4H3F3O2/c7-6-4-2-1-3-5-6;5-4(6,7)3(9)1-2-8/h1-5,7H;2H,1H2. The molecule has 1 N–H and O–H groups in total. The number of phenols is 1. The van der Waals surface area contributed by atoms with Crippen molar-refractivity contribution in [3.8, 4) is 5.75 Å². The lowest BCUT2D eigenvalue weighted by atomic mass is 10.3. The van der Waals surface area contributed by atoms with Gasteiger partial charge in [-0.05, 0) is 12.1 Å². The summed E-state index contributed by atoms with van der Waals surface area (Å²) >= 11 is 0. The summed E-state index contributed by atoms with van der Waals surface area (Å²) in [4.78, 5) is 19.0. The van der Waals surface area contributed by atoms with E-state index in [2.05, 4.69) is 0 Å². The number of phenolic OH excluding ortho intramolecular Hbond substituents is 1. The van der Waals surface area contributed by atoms with E-state index in [1.54, 1.807) is 24.3 Å². The monoisotopic (exact) mass is 234 g/mol. The average Bonchev–Trinajstić information content (AvgIpc) is 2.19. The summed E-state index contributed by atoms with van der Waals surface area (Å²) in [5, 5.41) is 8.63. The molecule has 0 atom stereocenters. The predicted octanol–water partition coefficient (Wildman–Crippen LogP) is 2.10. The lowest BCUT2D eigenvalue weighted by Crippen LogP contribution is -2.22. The third-order valence-electron chi connectivity index (χ3n) is 1.34. The zero-order valence-corrected chi connectivity index (χ0v) is 8.07. The number of carbonyl (C=O) groups excluding carboxylic acids is 2. The summed E-state index contributed by atoms with van der Waals surface area (Å²) in [6.07, 6.45) is -6.01. The summed E-state index contributed by atoms with van der Waals surface area (Å²) < 4.78 is 33.4. The SMILES string of the molecule is O=CCC(=O)C(F)(F)F.Oc1ccccc1. The minimum atomic E-state index is -4.86. The molecule has 0 aromatic heterocycles. The molecule has 0 fully saturated rings. The van der Waals surface area contributed by atoms with Gasteiger partial charge in [0, 0.05) is 0 Å². The van der Waals surface area contributed by atoms with Gasteiger partial charge in [-0.1, -0.05) is 18.2 Å². The van der Waals surface area contributed by atoms with Crippen molar-refractivity contribution in [2.75, 3.05) is 0 Å². The van der Waals surface area contributed by atoms with Gasteiger partial charge in [0.1, 0.15) is 12.0 Å². The first-order valence-corrected chi connectivity index (χ1v) is 4.15. The van der Waals surface area contributed by atoms with Crippen LogP contribution in [0.4, 0.5) is 13.2 Å². The van der Waals surface area contributed by atoms with E-state index < -0.39 is 18.4 Å². The van der Waals surface area contributed by atoms with Gasteiger partial charge in [0.05, 0.1) is 6.42 Å². The lowest BCUT2D eigenvalue weighted by molar-refractivity contribution is -0.171. The van der Waals surface area contributed by atoms with Crippen LogP contribution >= 0.6 is 0 Å². The zero-order chi connectivity index (χ0) is 12.6. The van der Waals surface area contributed by atoms with Crippen molar-refractivity contribution in [3.63, 3.8) is 0 Å². The molecule has 0 aliphatic heterocycles. The molecule has 0 unspecified atom stereocenters. The second kappa shape index (κ2) is 6.60. The highest BCUT2D eigenvalue weighted by molar-refractivity contribution is 5.93. The van der Waals surface area contributed by atoms with Crippen LogP contribution < -0.4 is 0 Å². The van der Waals surface area contributed by atoms with E-state index in [0.717, 1.165) is 0 Å². The number of ketones is 1. The number of halogens is 3. The fourth-order valence-electron chi connectivity index (χ4n) is 0.619. The molecular formula is C10H9F3O3. The Hall–Kier alpha value is -1.85. The number of benzene rings is 1. The van der Waals surface area contributed by atoms with Crippen LogP contribution in [0.1, 0.15) is 6.42 Å². The lowest BCUT2D eigenvalue weighted by Gasteiger charge is -1.98. The highest BCUT2D eigenvalue weighted by Gasteiger charge is 2.37. The van der Waals surface area contributed by atoms with Crippen molar-refractivity contribution in [1.29, 1.82) is 0 Å². The average molecular weight is 234 g/mol. The van der Waals surface area contributed by atoms with Gasteiger partial charge >= 0.3 is 6.18 Å². The normalized spacial score (nSPS) is 9.94. The molecule has 6 heteroatoms. The van der Waals surface area contributed by atoms with Crippen molar-refractivity contribution < 1.29 is 27.9 Å². The van der Waals surface area contributed by atoms with Crippen LogP contribution in [0.15, 0.2) is 30.3 Å². The van der Waals surface area contributed by atoms with Gasteiger partial charge in [-0.15, -0.1) is 0 Å². The van der Waals surface area contributed by atoms with Crippen molar-refractivity contribution >= 4 is 12.1 Å². The Morgan fingerprint density at radius 2 is 1.75 bits per heavy atom. The Bertz CT molecular complexity index is 333. The Balaban J connectivity index is 0.000000288. The summed E-state index contributed by atoms with van der Waals surface area (Å²) in [6.45, 7) is 0. The molecule has 16 heavy (non-hydrogen) atoms. The molecule has 0 radical (unpaired) electrons. The maximum Gasteiger partial charge on any atom is 0.450 e. The topological polar surface area (TPSA) is 54.4 Å². The number of hydrogen-bond acceptors (Lipinski definition) is 3. The van der Waals surface area contributed by atoms with Gasteiger partial charge in [-0.2, -0.15) is 13.2 Å². The van der Waals surface area contributed by atoms with Gasteiger partial charge in [-0.3, -0.25) is 4.79 Å². The number of carbonyl (C=O) groups is 2. The molecule has 0 amide bonds. The zero-order valence-electron chi connectivity index (χ0n) is 8.07. The number of para-hydroxylation sites is 1. The van der Waals surface area contributed by atoms with Crippen LogP contribution in [0.25, 0.3) is 0 Å². The van der Waals surface area contributed by atoms with Crippen LogP contribution in [0.3, 0.4) is 0 Å². The molecule has 0 aliphatic carbocycles.